The van der Waals surface area contributed by atoms with E-state index in [9.17, 15) is 4.79 Å². The van der Waals surface area contributed by atoms with Crippen molar-refractivity contribution in [2.45, 2.75) is 19.4 Å². The molecule has 4 heteroatoms. The van der Waals surface area contributed by atoms with Gasteiger partial charge in [-0.3, -0.25) is 9.69 Å². The molecule has 3 rings (SSSR count). The average molecular weight is 274 g/mol. The van der Waals surface area contributed by atoms with E-state index in [1.54, 1.807) is 0 Å². The molecule has 1 aromatic carbocycles. The van der Waals surface area contributed by atoms with E-state index >= 15 is 0 Å². The van der Waals surface area contributed by atoms with Crippen LogP contribution < -0.4 is 4.90 Å². The van der Waals surface area contributed by atoms with Crippen molar-refractivity contribution < 1.29 is 9.53 Å². The van der Waals surface area contributed by atoms with Gasteiger partial charge in [0.1, 0.15) is 0 Å². The minimum absolute atomic E-state index is 0.597. The monoisotopic (exact) mass is 274 g/mol. The van der Waals surface area contributed by atoms with Crippen LogP contribution in [0, 0.1) is 6.92 Å². The molecule has 0 saturated carbocycles. The Hall–Kier alpha value is -1.39. The van der Waals surface area contributed by atoms with E-state index in [0.717, 1.165) is 62.5 Å². The van der Waals surface area contributed by atoms with Crippen LogP contribution in [0.5, 0.6) is 0 Å². The van der Waals surface area contributed by atoms with Crippen molar-refractivity contribution in [1.29, 1.82) is 0 Å². The number of carbonyl (C=O) groups is 1. The lowest BCUT2D eigenvalue weighted by Gasteiger charge is -2.32. The number of nitrogens with zero attached hydrogens (tertiary/aromatic N) is 2. The van der Waals surface area contributed by atoms with Gasteiger partial charge >= 0.3 is 0 Å². The molecule has 2 aliphatic rings. The van der Waals surface area contributed by atoms with Crippen molar-refractivity contribution in [2.24, 2.45) is 0 Å². The quantitative estimate of drug-likeness (QED) is 0.786. The fraction of sp³-hybridized carbons (Fsp3) is 0.562. The van der Waals surface area contributed by atoms with Crippen molar-refractivity contribution in [1.82, 2.24) is 4.90 Å². The highest BCUT2D eigenvalue weighted by Crippen LogP contribution is 2.26. The molecule has 0 bridgehead atoms. The molecule has 1 aromatic rings. The Kier molecular flexibility index (Phi) is 4.03. The highest BCUT2D eigenvalue weighted by atomic mass is 16.5. The normalized spacial score (nSPS) is 24.1. The summed E-state index contributed by atoms with van der Waals surface area (Å²) in [6.45, 7) is 7.84. The van der Waals surface area contributed by atoms with E-state index in [4.69, 9.17) is 4.74 Å². The number of benzene rings is 1. The maximum Gasteiger partial charge on any atom is 0.152 e. The van der Waals surface area contributed by atoms with E-state index in [0.29, 0.717) is 6.04 Å². The van der Waals surface area contributed by atoms with Gasteiger partial charge in [0, 0.05) is 43.5 Å². The lowest BCUT2D eigenvalue weighted by Crippen LogP contribution is -2.44. The molecule has 0 aliphatic carbocycles. The van der Waals surface area contributed by atoms with Crippen LogP contribution in [0.2, 0.25) is 0 Å². The van der Waals surface area contributed by atoms with Crippen LogP contribution in [0.1, 0.15) is 22.3 Å². The summed E-state index contributed by atoms with van der Waals surface area (Å²) in [5, 5.41) is 0. The maximum absolute atomic E-state index is 11.3. The number of aryl methyl sites for hydroxylation is 1. The van der Waals surface area contributed by atoms with Gasteiger partial charge in [0.15, 0.2) is 6.29 Å². The minimum atomic E-state index is 0.597. The van der Waals surface area contributed by atoms with Crippen LogP contribution in [0.25, 0.3) is 0 Å². The molecule has 0 amide bonds. The van der Waals surface area contributed by atoms with Crippen LogP contribution in [-0.4, -0.2) is 56.6 Å². The molecule has 0 radical (unpaired) electrons. The molecule has 1 unspecified atom stereocenters. The first-order valence-corrected chi connectivity index (χ1v) is 7.40. The van der Waals surface area contributed by atoms with E-state index in [1.165, 1.54) is 6.42 Å². The molecule has 2 aliphatic heterocycles. The van der Waals surface area contributed by atoms with Gasteiger partial charge in [-0.15, -0.1) is 0 Å². The van der Waals surface area contributed by atoms with E-state index in [1.807, 2.05) is 13.0 Å². The third kappa shape index (κ3) is 2.72. The largest absolute Gasteiger partial charge is 0.379 e. The van der Waals surface area contributed by atoms with Crippen molar-refractivity contribution in [3.8, 4) is 0 Å². The third-order valence-electron chi connectivity index (χ3n) is 4.38. The summed E-state index contributed by atoms with van der Waals surface area (Å²) in [4.78, 5) is 16.1. The van der Waals surface area contributed by atoms with Crippen molar-refractivity contribution in [3.63, 3.8) is 0 Å². The minimum Gasteiger partial charge on any atom is -0.379 e. The molecule has 0 aromatic heterocycles. The average Bonchev–Trinajstić information content (AvgIpc) is 2.97. The first-order chi connectivity index (χ1) is 9.78. The first-order valence-electron chi connectivity index (χ1n) is 7.40. The molecule has 0 spiro atoms. The number of ether oxygens (including phenoxy) is 1. The topological polar surface area (TPSA) is 32.8 Å². The summed E-state index contributed by atoms with van der Waals surface area (Å²) in [5.74, 6) is 0. The van der Waals surface area contributed by atoms with Gasteiger partial charge in [-0.25, -0.2) is 0 Å². The van der Waals surface area contributed by atoms with Gasteiger partial charge < -0.3 is 9.64 Å². The number of aldehydes is 1. The summed E-state index contributed by atoms with van der Waals surface area (Å²) in [5.41, 5.74) is 3.04. The smallest absolute Gasteiger partial charge is 0.152 e. The van der Waals surface area contributed by atoms with Gasteiger partial charge in [-0.2, -0.15) is 0 Å². The molecule has 2 fully saturated rings. The molecule has 20 heavy (non-hydrogen) atoms. The first kappa shape index (κ1) is 13.6. The molecule has 1 atom stereocenters. The van der Waals surface area contributed by atoms with E-state index in [2.05, 4.69) is 21.9 Å². The Bertz CT molecular complexity index is 483. The van der Waals surface area contributed by atoms with Gasteiger partial charge in [0.25, 0.3) is 0 Å². The van der Waals surface area contributed by atoms with E-state index in [-0.39, 0.29) is 0 Å². The number of hydrogen-bond acceptors (Lipinski definition) is 4. The van der Waals surface area contributed by atoms with Crippen molar-refractivity contribution in [2.75, 3.05) is 44.3 Å². The van der Waals surface area contributed by atoms with Gasteiger partial charge in [-0.05, 0) is 25.5 Å². The molecule has 0 N–H and O–H groups in total. The standard InChI is InChI=1S/C16H22N2O2/c1-13-2-3-16(14(10-13)12-19)18-5-4-15(11-18)17-6-8-20-9-7-17/h2-3,10,12,15H,4-9,11H2,1H3. The number of rotatable bonds is 3. The van der Waals surface area contributed by atoms with Crippen molar-refractivity contribution >= 4 is 12.0 Å². The summed E-state index contributed by atoms with van der Waals surface area (Å²) in [7, 11) is 0. The van der Waals surface area contributed by atoms with Crippen LogP contribution in [-0.2, 0) is 4.74 Å². The Morgan fingerprint density at radius 2 is 2.05 bits per heavy atom. The second-order valence-electron chi connectivity index (χ2n) is 5.72. The fourth-order valence-electron chi connectivity index (χ4n) is 3.26. The van der Waals surface area contributed by atoms with Crippen LogP contribution in [0.4, 0.5) is 5.69 Å². The highest BCUT2D eigenvalue weighted by molar-refractivity contribution is 5.85. The second-order valence-corrected chi connectivity index (χ2v) is 5.72. The molecular weight excluding hydrogens is 252 g/mol. The number of hydrogen-bond donors (Lipinski definition) is 0. The lowest BCUT2D eigenvalue weighted by atomic mass is 10.1. The van der Waals surface area contributed by atoms with Crippen LogP contribution in [0.15, 0.2) is 18.2 Å². The Balaban J connectivity index is 1.71. The predicted molar refractivity (Wildman–Crippen MR) is 79.6 cm³/mol. The molecule has 2 heterocycles. The summed E-state index contributed by atoms with van der Waals surface area (Å²) < 4.78 is 5.42. The highest BCUT2D eigenvalue weighted by Gasteiger charge is 2.29. The Morgan fingerprint density at radius 3 is 2.80 bits per heavy atom. The molecule has 4 nitrogen and oxygen atoms in total. The Labute approximate surface area is 120 Å². The summed E-state index contributed by atoms with van der Waals surface area (Å²) in [6, 6.07) is 6.75. The zero-order valence-electron chi connectivity index (χ0n) is 12.0. The molecule has 2 saturated heterocycles. The predicted octanol–water partition coefficient (Wildman–Crippen LogP) is 1.72. The zero-order chi connectivity index (χ0) is 13.9. The third-order valence-corrected chi connectivity index (χ3v) is 4.38. The second kappa shape index (κ2) is 5.94. The SMILES string of the molecule is Cc1ccc(N2CCC(N3CCOCC3)C2)c(C=O)c1. The maximum atomic E-state index is 11.3. The molecular formula is C16H22N2O2. The molecule has 108 valence electrons. The Morgan fingerprint density at radius 1 is 1.25 bits per heavy atom. The number of anilines is 1. The zero-order valence-corrected chi connectivity index (χ0v) is 12.0. The van der Waals surface area contributed by atoms with Crippen LogP contribution in [0.3, 0.4) is 0 Å². The van der Waals surface area contributed by atoms with Gasteiger partial charge in [0.05, 0.1) is 13.2 Å². The van der Waals surface area contributed by atoms with E-state index < -0.39 is 0 Å². The van der Waals surface area contributed by atoms with Gasteiger partial charge in [0.2, 0.25) is 0 Å². The number of carbonyl (C=O) groups excluding carboxylic acids is 1. The fourth-order valence-corrected chi connectivity index (χ4v) is 3.26. The van der Waals surface area contributed by atoms with Crippen molar-refractivity contribution in [3.05, 3.63) is 29.3 Å². The summed E-state index contributed by atoms with van der Waals surface area (Å²) in [6.07, 6.45) is 2.15. The lowest BCUT2D eigenvalue weighted by molar-refractivity contribution is 0.0209. The van der Waals surface area contributed by atoms with Crippen LogP contribution >= 0.6 is 0 Å². The van der Waals surface area contributed by atoms with Gasteiger partial charge in [-0.1, -0.05) is 11.6 Å². The summed E-state index contributed by atoms with van der Waals surface area (Å²) >= 11 is 0. The number of morpholine rings is 1.